The SMILES string of the molecule is CCCNC1CC=NCC1. The largest absolute Gasteiger partial charge is 0.314 e. The summed E-state index contributed by atoms with van der Waals surface area (Å²) in [6.07, 6.45) is 5.61. The van der Waals surface area contributed by atoms with Crippen LogP contribution in [0.25, 0.3) is 0 Å². The van der Waals surface area contributed by atoms with Crippen LogP contribution in [0.15, 0.2) is 4.99 Å². The minimum Gasteiger partial charge on any atom is -0.314 e. The summed E-state index contributed by atoms with van der Waals surface area (Å²) in [7, 11) is 0. The van der Waals surface area contributed by atoms with E-state index in [-0.39, 0.29) is 0 Å². The van der Waals surface area contributed by atoms with Crippen LogP contribution in [0.3, 0.4) is 0 Å². The molecule has 1 aliphatic heterocycles. The third-order valence-corrected chi connectivity index (χ3v) is 1.81. The first-order valence-electron chi connectivity index (χ1n) is 4.15. The van der Waals surface area contributed by atoms with Crippen molar-refractivity contribution in [2.75, 3.05) is 13.1 Å². The van der Waals surface area contributed by atoms with Gasteiger partial charge >= 0.3 is 0 Å². The van der Waals surface area contributed by atoms with Crippen LogP contribution in [0.1, 0.15) is 26.2 Å². The van der Waals surface area contributed by atoms with Crippen molar-refractivity contribution in [1.82, 2.24) is 5.32 Å². The molecule has 0 fully saturated rings. The van der Waals surface area contributed by atoms with Gasteiger partial charge < -0.3 is 5.32 Å². The maximum atomic E-state index is 4.17. The number of nitrogens with zero attached hydrogens (tertiary/aromatic N) is 1. The van der Waals surface area contributed by atoms with Gasteiger partial charge in [-0.2, -0.15) is 0 Å². The van der Waals surface area contributed by atoms with Crippen molar-refractivity contribution in [2.24, 2.45) is 4.99 Å². The zero-order valence-electron chi connectivity index (χ0n) is 6.64. The predicted molar refractivity (Wildman–Crippen MR) is 44.7 cm³/mol. The van der Waals surface area contributed by atoms with Gasteiger partial charge in [0.15, 0.2) is 0 Å². The summed E-state index contributed by atoms with van der Waals surface area (Å²) < 4.78 is 0. The summed E-state index contributed by atoms with van der Waals surface area (Å²) in [5.74, 6) is 0. The third-order valence-electron chi connectivity index (χ3n) is 1.81. The first-order valence-corrected chi connectivity index (χ1v) is 4.15. The van der Waals surface area contributed by atoms with Gasteiger partial charge in [0.05, 0.1) is 0 Å². The van der Waals surface area contributed by atoms with Gasteiger partial charge in [-0.25, -0.2) is 0 Å². The van der Waals surface area contributed by atoms with Crippen molar-refractivity contribution < 1.29 is 0 Å². The Kier molecular flexibility index (Phi) is 3.44. The second kappa shape index (κ2) is 4.45. The van der Waals surface area contributed by atoms with Crippen molar-refractivity contribution in [3.8, 4) is 0 Å². The summed E-state index contributed by atoms with van der Waals surface area (Å²) >= 11 is 0. The normalized spacial score (nSPS) is 25.1. The van der Waals surface area contributed by atoms with Crippen LogP contribution in [0.4, 0.5) is 0 Å². The Bertz CT molecular complexity index is 110. The van der Waals surface area contributed by atoms with Crippen LogP contribution in [0.5, 0.6) is 0 Å². The van der Waals surface area contributed by atoms with Gasteiger partial charge in [0.1, 0.15) is 0 Å². The molecule has 1 heterocycles. The van der Waals surface area contributed by atoms with Gasteiger partial charge in [0, 0.05) is 18.8 Å². The molecule has 0 aromatic rings. The standard InChI is InChI=1S/C8H16N2/c1-2-5-10-8-3-6-9-7-4-8/h6,8,10H,2-5,7H2,1H3. The molecular formula is C8H16N2. The molecule has 0 amide bonds. The highest BCUT2D eigenvalue weighted by Gasteiger charge is 2.07. The highest BCUT2D eigenvalue weighted by Crippen LogP contribution is 2.01. The Hall–Kier alpha value is -0.370. The minimum atomic E-state index is 0.706. The number of hydrogen-bond donors (Lipinski definition) is 1. The molecule has 1 rings (SSSR count). The van der Waals surface area contributed by atoms with Gasteiger partial charge in [-0.3, -0.25) is 4.99 Å². The summed E-state index contributed by atoms with van der Waals surface area (Å²) in [6.45, 7) is 4.36. The third kappa shape index (κ3) is 2.48. The summed E-state index contributed by atoms with van der Waals surface area (Å²) in [5, 5.41) is 3.48. The molecule has 1 unspecified atom stereocenters. The molecule has 0 aromatic carbocycles. The Morgan fingerprint density at radius 3 is 3.20 bits per heavy atom. The lowest BCUT2D eigenvalue weighted by Gasteiger charge is -2.17. The molecule has 0 radical (unpaired) electrons. The fourth-order valence-corrected chi connectivity index (χ4v) is 1.18. The number of rotatable bonds is 3. The fourth-order valence-electron chi connectivity index (χ4n) is 1.18. The second-order valence-electron chi connectivity index (χ2n) is 2.76. The quantitative estimate of drug-likeness (QED) is 0.626. The van der Waals surface area contributed by atoms with Crippen molar-refractivity contribution in [3.63, 3.8) is 0 Å². The van der Waals surface area contributed by atoms with Crippen molar-refractivity contribution in [1.29, 1.82) is 0 Å². The average molecular weight is 140 g/mol. The van der Waals surface area contributed by atoms with E-state index in [0.717, 1.165) is 19.5 Å². The van der Waals surface area contributed by atoms with E-state index >= 15 is 0 Å². The van der Waals surface area contributed by atoms with Crippen LogP contribution < -0.4 is 5.32 Å². The van der Waals surface area contributed by atoms with Crippen LogP contribution >= 0.6 is 0 Å². The zero-order chi connectivity index (χ0) is 7.23. The smallest absolute Gasteiger partial charge is 0.0400 e. The number of aliphatic imine (C=N–C) groups is 1. The lowest BCUT2D eigenvalue weighted by Crippen LogP contribution is -2.32. The summed E-state index contributed by atoms with van der Waals surface area (Å²) in [4.78, 5) is 4.17. The Morgan fingerprint density at radius 1 is 1.70 bits per heavy atom. The van der Waals surface area contributed by atoms with Crippen LogP contribution in [0.2, 0.25) is 0 Å². The van der Waals surface area contributed by atoms with E-state index < -0.39 is 0 Å². The van der Waals surface area contributed by atoms with E-state index in [2.05, 4.69) is 17.2 Å². The molecule has 0 aromatic heterocycles. The van der Waals surface area contributed by atoms with Crippen molar-refractivity contribution >= 4 is 6.21 Å². The molecule has 1 N–H and O–H groups in total. The van der Waals surface area contributed by atoms with E-state index in [1.165, 1.54) is 12.8 Å². The van der Waals surface area contributed by atoms with E-state index in [9.17, 15) is 0 Å². The van der Waals surface area contributed by atoms with E-state index in [4.69, 9.17) is 0 Å². The van der Waals surface area contributed by atoms with Gasteiger partial charge in [-0.05, 0) is 25.8 Å². The lowest BCUT2D eigenvalue weighted by atomic mass is 10.1. The molecule has 2 heteroatoms. The fraction of sp³-hybridized carbons (Fsp3) is 0.875. The van der Waals surface area contributed by atoms with Crippen LogP contribution in [-0.4, -0.2) is 25.3 Å². The Morgan fingerprint density at radius 2 is 2.60 bits per heavy atom. The summed E-state index contributed by atoms with van der Waals surface area (Å²) in [5.41, 5.74) is 0. The zero-order valence-corrected chi connectivity index (χ0v) is 6.64. The molecule has 0 bridgehead atoms. The van der Waals surface area contributed by atoms with Crippen LogP contribution in [0, 0.1) is 0 Å². The maximum Gasteiger partial charge on any atom is 0.0400 e. The number of nitrogens with one attached hydrogen (secondary N) is 1. The monoisotopic (exact) mass is 140 g/mol. The van der Waals surface area contributed by atoms with E-state index in [0.29, 0.717) is 6.04 Å². The predicted octanol–water partition coefficient (Wildman–Crippen LogP) is 1.22. The molecule has 1 aliphatic rings. The van der Waals surface area contributed by atoms with Gasteiger partial charge in [0.25, 0.3) is 0 Å². The number of hydrogen-bond acceptors (Lipinski definition) is 2. The molecule has 1 atom stereocenters. The molecule has 2 nitrogen and oxygen atoms in total. The van der Waals surface area contributed by atoms with E-state index in [1.54, 1.807) is 0 Å². The topological polar surface area (TPSA) is 24.4 Å². The van der Waals surface area contributed by atoms with Gasteiger partial charge in [-0.15, -0.1) is 0 Å². The van der Waals surface area contributed by atoms with Gasteiger partial charge in [-0.1, -0.05) is 6.92 Å². The highest BCUT2D eigenvalue weighted by atomic mass is 14.9. The lowest BCUT2D eigenvalue weighted by molar-refractivity contribution is 0.489. The Labute approximate surface area is 62.7 Å². The minimum absolute atomic E-state index is 0.706. The van der Waals surface area contributed by atoms with Crippen LogP contribution in [-0.2, 0) is 0 Å². The maximum absolute atomic E-state index is 4.17. The van der Waals surface area contributed by atoms with Gasteiger partial charge in [0.2, 0.25) is 0 Å². The molecule has 0 saturated heterocycles. The molecule has 10 heavy (non-hydrogen) atoms. The molecule has 0 aliphatic carbocycles. The molecule has 58 valence electrons. The second-order valence-corrected chi connectivity index (χ2v) is 2.76. The first-order chi connectivity index (χ1) is 4.93. The molecular weight excluding hydrogens is 124 g/mol. The average Bonchev–Trinajstić information content (AvgIpc) is 2.03. The Balaban J connectivity index is 2.10. The van der Waals surface area contributed by atoms with Crippen molar-refractivity contribution in [2.45, 2.75) is 32.2 Å². The van der Waals surface area contributed by atoms with E-state index in [1.807, 2.05) is 6.21 Å². The first kappa shape index (κ1) is 7.73. The highest BCUT2D eigenvalue weighted by molar-refractivity contribution is 5.58. The van der Waals surface area contributed by atoms with Crippen molar-refractivity contribution in [3.05, 3.63) is 0 Å². The summed E-state index contributed by atoms with van der Waals surface area (Å²) in [6, 6.07) is 0.706. The molecule has 0 spiro atoms. The molecule has 0 saturated carbocycles.